The van der Waals surface area contributed by atoms with Crippen molar-refractivity contribution in [2.24, 2.45) is 0 Å². The maximum absolute atomic E-state index is 12.1. The molecule has 0 saturated heterocycles. The van der Waals surface area contributed by atoms with Crippen LogP contribution in [0.5, 0.6) is 11.5 Å². The van der Waals surface area contributed by atoms with Crippen LogP contribution in [0.15, 0.2) is 23.1 Å². The van der Waals surface area contributed by atoms with E-state index in [1.54, 1.807) is 0 Å². The monoisotopic (exact) mass is 303 g/mol. The molecule has 0 aliphatic carbocycles. The molecular formula is C13H21NO5S. The first-order chi connectivity index (χ1) is 9.44. The summed E-state index contributed by atoms with van der Waals surface area (Å²) < 4.78 is 36.7. The molecule has 0 aliphatic rings. The lowest BCUT2D eigenvalue weighted by Crippen LogP contribution is -2.27. The van der Waals surface area contributed by atoms with E-state index >= 15 is 0 Å². The molecule has 0 heterocycles. The fourth-order valence-electron chi connectivity index (χ4n) is 1.63. The molecule has 1 aromatic rings. The SMILES string of the molecule is CCC(O)CCNS(=O)(=O)c1ccc(OC)c(OC)c1. The van der Waals surface area contributed by atoms with Gasteiger partial charge in [0.2, 0.25) is 10.0 Å². The quantitative estimate of drug-likeness (QED) is 0.752. The van der Waals surface area contributed by atoms with Gasteiger partial charge in [0, 0.05) is 12.6 Å². The van der Waals surface area contributed by atoms with Crippen LogP contribution in [0.4, 0.5) is 0 Å². The molecule has 0 aliphatic heterocycles. The van der Waals surface area contributed by atoms with Crippen molar-refractivity contribution in [1.29, 1.82) is 0 Å². The van der Waals surface area contributed by atoms with Crippen LogP contribution in [-0.4, -0.2) is 40.4 Å². The molecule has 20 heavy (non-hydrogen) atoms. The Bertz CT molecular complexity index is 530. The second kappa shape index (κ2) is 7.47. The van der Waals surface area contributed by atoms with Crippen LogP contribution in [0.3, 0.4) is 0 Å². The highest BCUT2D eigenvalue weighted by atomic mass is 32.2. The maximum Gasteiger partial charge on any atom is 0.240 e. The Morgan fingerprint density at radius 1 is 1.25 bits per heavy atom. The summed E-state index contributed by atoms with van der Waals surface area (Å²) in [5, 5.41) is 9.40. The lowest BCUT2D eigenvalue weighted by Gasteiger charge is -2.12. The van der Waals surface area contributed by atoms with Crippen LogP contribution >= 0.6 is 0 Å². The van der Waals surface area contributed by atoms with Crippen LogP contribution in [-0.2, 0) is 10.0 Å². The Hall–Kier alpha value is -1.31. The summed E-state index contributed by atoms with van der Waals surface area (Å²) in [6.45, 7) is 2.03. The summed E-state index contributed by atoms with van der Waals surface area (Å²) in [6.07, 6.45) is 0.476. The van der Waals surface area contributed by atoms with Crippen molar-refractivity contribution >= 4 is 10.0 Å². The number of hydrogen-bond acceptors (Lipinski definition) is 5. The Kier molecular flexibility index (Phi) is 6.25. The fourth-order valence-corrected chi connectivity index (χ4v) is 2.69. The molecule has 1 rings (SSSR count). The number of hydrogen-bond donors (Lipinski definition) is 2. The van der Waals surface area contributed by atoms with E-state index in [9.17, 15) is 13.5 Å². The minimum atomic E-state index is -3.62. The normalized spacial score (nSPS) is 13.0. The number of methoxy groups -OCH3 is 2. The average Bonchev–Trinajstić information content (AvgIpc) is 2.45. The molecule has 0 aromatic heterocycles. The summed E-state index contributed by atoms with van der Waals surface area (Å²) in [5.41, 5.74) is 0. The van der Waals surface area contributed by atoms with Crippen molar-refractivity contribution in [2.75, 3.05) is 20.8 Å². The van der Waals surface area contributed by atoms with E-state index in [2.05, 4.69) is 4.72 Å². The number of aliphatic hydroxyl groups is 1. The topological polar surface area (TPSA) is 84.9 Å². The number of ether oxygens (including phenoxy) is 2. The molecule has 1 aromatic carbocycles. The van der Waals surface area contributed by atoms with Gasteiger partial charge in [0.05, 0.1) is 25.2 Å². The molecular weight excluding hydrogens is 282 g/mol. The van der Waals surface area contributed by atoms with E-state index in [0.717, 1.165) is 0 Å². The Labute approximate surface area is 119 Å². The van der Waals surface area contributed by atoms with E-state index in [4.69, 9.17) is 9.47 Å². The molecule has 7 heteroatoms. The minimum absolute atomic E-state index is 0.0983. The third-order valence-corrected chi connectivity index (χ3v) is 4.36. The van der Waals surface area contributed by atoms with E-state index in [1.165, 1.54) is 32.4 Å². The van der Waals surface area contributed by atoms with E-state index in [1.807, 2.05) is 6.92 Å². The molecule has 0 amide bonds. The van der Waals surface area contributed by atoms with Crippen molar-refractivity contribution in [3.05, 3.63) is 18.2 Å². The lowest BCUT2D eigenvalue weighted by atomic mass is 10.2. The molecule has 6 nitrogen and oxygen atoms in total. The standard InChI is InChI=1S/C13H21NO5S/c1-4-10(15)7-8-14-20(16,17)11-5-6-12(18-2)13(9-11)19-3/h5-6,9-10,14-15H,4,7-8H2,1-3H3. The van der Waals surface area contributed by atoms with Gasteiger partial charge in [-0.2, -0.15) is 0 Å². The third kappa shape index (κ3) is 4.36. The van der Waals surface area contributed by atoms with Crippen molar-refractivity contribution in [3.63, 3.8) is 0 Å². The van der Waals surface area contributed by atoms with Gasteiger partial charge in [-0.25, -0.2) is 13.1 Å². The third-order valence-electron chi connectivity index (χ3n) is 2.91. The van der Waals surface area contributed by atoms with Crippen molar-refractivity contribution < 1.29 is 23.0 Å². The first kappa shape index (κ1) is 16.7. The number of aliphatic hydroxyl groups excluding tert-OH is 1. The molecule has 2 N–H and O–H groups in total. The predicted molar refractivity (Wildman–Crippen MR) is 75.6 cm³/mol. The minimum Gasteiger partial charge on any atom is -0.493 e. The smallest absolute Gasteiger partial charge is 0.240 e. The first-order valence-electron chi connectivity index (χ1n) is 6.34. The largest absolute Gasteiger partial charge is 0.493 e. The zero-order chi connectivity index (χ0) is 15.2. The summed E-state index contributed by atoms with van der Waals surface area (Å²) >= 11 is 0. The van der Waals surface area contributed by atoms with Gasteiger partial charge in [0.15, 0.2) is 11.5 Å². The first-order valence-corrected chi connectivity index (χ1v) is 7.82. The molecule has 1 unspecified atom stereocenters. The highest BCUT2D eigenvalue weighted by Crippen LogP contribution is 2.29. The summed E-state index contributed by atoms with van der Waals surface area (Å²) in [4.78, 5) is 0.0983. The molecule has 114 valence electrons. The van der Waals surface area contributed by atoms with Crippen molar-refractivity contribution in [1.82, 2.24) is 4.72 Å². The van der Waals surface area contributed by atoms with Crippen LogP contribution in [0.25, 0.3) is 0 Å². The highest BCUT2D eigenvalue weighted by Gasteiger charge is 2.17. The highest BCUT2D eigenvalue weighted by molar-refractivity contribution is 7.89. The summed E-state index contributed by atoms with van der Waals surface area (Å²) in [5.74, 6) is 0.817. The predicted octanol–water partition coefficient (Wildman–Crippen LogP) is 1.14. The zero-order valence-corrected chi connectivity index (χ0v) is 12.7. The molecule has 0 fully saturated rings. The van der Waals surface area contributed by atoms with Gasteiger partial charge in [0.1, 0.15) is 0 Å². The van der Waals surface area contributed by atoms with Crippen LogP contribution < -0.4 is 14.2 Å². The van der Waals surface area contributed by atoms with Crippen molar-refractivity contribution in [3.8, 4) is 11.5 Å². The van der Waals surface area contributed by atoms with Gasteiger partial charge in [-0.3, -0.25) is 0 Å². The van der Waals surface area contributed by atoms with Gasteiger partial charge in [-0.15, -0.1) is 0 Å². The van der Waals surface area contributed by atoms with Gasteiger partial charge >= 0.3 is 0 Å². The van der Waals surface area contributed by atoms with E-state index < -0.39 is 16.1 Å². The van der Waals surface area contributed by atoms with E-state index in [-0.39, 0.29) is 11.4 Å². The number of nitrogens with one attached hydrogen (secondary N) is 1. The van der Waals surface area contributed by atoms with Gasteiger partial charge in [-0.05, 0) is 25.0 Å². The fraction of sp³-hybridized carbons (Fsp3) is 0.538. The molecule has 1 atom stereocenters. The molecule has 0 saturated carbocycles. The second-order valence-corrected chi connectivity index (χ2v) is 6.03. The Morgan fingerprint density at radius 3 is 2.45 bits per heavy atom. The number of sulfonamides is 1. The van der Waals surface area contributed by atoms with Crippen LogP contribution in [0, 0.1) is 0 Å². The van der Waals surface area contributed by atoms with Gasteiger partial charge < -0.3 is 14.6 Å². The van der Waals surface area contributed by atoms with Crippen LogP contribution in [0.1, 0.15) is 19.8 Å². The second-order valence-electron chi connectivity index (χ2n) is 4.27. The Balaban J connectivity index is 2.82. The Morgan fingerprint density at radius 2 is 1.90 bits per heavy atom. The number of rotatable bonds is 8. The molecule has 0 bridgehead atoms. The van der Waals surface area contributed by atoms with E-state index in [0.29, 0.717) is 24.3 Å². The maximum atomic E-state index is 12.1. The molecule has 0 radical (unpaired) electrons. The average molecular weight is 303 g/mol. The summed E-state index contributed by atoms with van der Waals surface area (Å²) in [6, 6.07) is 4.38. The van der Waals surface area contributed by atoms with Crippen molar-refractivity contribution in [2.45, 2.75) is 30.8 Å². The van der Waals surface area contributed by atoms with Gasteiger partial charge in [0.25, 0.3) is 0 Å². The lowest BCUT2D eigenvalue weighted by molar-refractivity contribution is 0.162. The summed E-state index contributed by atoms with van der Waals surface area (Å²) in [7, 11) is -0.692. The van der Waals surface area contributed by atoms with Gasteiger partial charge in [-0.1, -0.05) is 6.92 Å². The zero-order valence-electron chi connectivity index (χ0n) is 11.9. The van der Waals surface area contributed by atoms with Crippen LogP contribution in [0.2, 0.25) is 0 Å². The molecule has 0 spiro atoms. The number of benzene rings is 1.